The number of aromatic nitrogens is 1. The SMILES string of the molecule is C#C/C=C\C1=C(C)c2c(cccc2-n2c3c(c4cc(-c5ccc(-c6ccccc6-c6ccccc6)cc5)ccc42)C=CCC3)OC1. The Bertz CT molecular complexity index is 2250. The van der Waals surface area contributed by atoms with E-state index in [2.05, 4.69) is 145 Å². The van der Waals surface area contributed by atoms with Crippen molar-refractivity contribution < 1.29 is 4.74 Å². The zero-order valence-electron chi connectivity index (χ0n) is 25.8. The van der Waals surface area contributed by atoms with E-state index in [1.54, 1.807) is 6.08 Å². The van der Waals surface area contributed by atoms with Crippen LogP contribution < -0.4 is 4.74 Å². The third kappa shape index (κ3) is 4.69. The molecule has 1 aromatic heterocycles. The van der Waals surface area contributed by atoms with Crippen LogP contribution in [-0.2, 0) is 6.42 Å². The molecule has 46 heavy (non-hydrogen) atoms. The molecular formula is C44H33NO. The van der Waals surface area contributed by atoms with Crippen LogP contribution in [0.2, 0.25) is 0 Å². The summed E-state index contributed by atoms with van der Waals surface area (Å²) in [6.07, 6.45) is 15.9. The van der Waals surface area contributed by atoms with Gasteiger partial charge in [-0.2, -0.15) is 0 Å². The van der Waals surface area contributed by atoms with Gasteiger partial charge in [-0.05, 0) is 101 Å². The molecule has 0 fully saturated rings. The minimum Gasteiger partial charge on any atom is -0.488 e. The predicted octanol–water partition coefficient (Wildman–Crippen LogP) is 10.9. The molecule has 220 valence electrons. The highest BCUT2D eigenvalue weighted by molar-refractivity contribution is 5.97. The maximum atomic E-state index is 6.24. The molecule has 5 aromatic carbocycles. The summed E-state index contributed by atoms with van der Waals surface area (Å²) in [5.74, 6) is 3.54. The molecule has 2 heterocycles. The fourth-order valence-electron chi connectivity index (χ4n) is 7.07. The molecule has 1 aliphatic carbocycles. The Kier molecular flexibility index (Phi) is 7.01. The Morgan fingerprint density at radius 2 is 1.48 bits per heavy atom. The number of nitrogens with zero attached hydrogens (tertiary/aromatic N) is 1. The molecule has 6 aromatic rings. The van der Waals surface area contributed by atoms with E-state index in [0.717, 1.165) is 35.4 Å². The van der Waals surface area contributed by atoms with Gasteiger partial charge in [0, 0.05) is 22.2 Å². The Hall–Kier alpha value is -5.78. The van der Waals surface area contributed by atoms with Crippen LogP contribution in [0.3, 0.4) is 0 Å². The first kappa shape index (κ1) is 27.7. The molecule has 0 saturated carbocycles. The quantitative estimate of drug-likeness (QED) is 0.182. The first-order valence-corrected chi connectivity index (χ1v) is 15.9. The van der Waals surface area contributed by atoms with E-state index in [1.807, 2.05) is 6.08 Å². The monoisotopic (exact) mass is 591 g/mol. The summed E-state index contributed by atoms with van der Waals surface area (Å²) in [6, 6.07) is 41.6. The van der Waals surface area contributed by atoms with E-state index in [-0.39, 0.29) is 0 Å². The zero-order valence-corrected chi connectivity index (χ0v) is 25.8. The number of hydrogen-bond donors (Lipinski definition) is 0. The number of benzene rings is 5. The Balaban J connectivity index is 1.23. The summed E-state index contributed by atoms with van der Waals surface area (Å²) in [6.45, 7) is 2.70. The number of allylic oxidation sites excluding steroid dienone is 3. The van der Waals surface area contributed by atoms with Gasteiger partial charge in [-0.15, -0.1) is 6.42 Å². The van der Waals surface area contributed by atoms with E-state index >= 15 is 0 Å². The van der Waals surface area contributed by atoms with Crippen LogP contribution in [0, 0.1) is 12.3 Å². The van der Waals surface area contributed by atoms with Gasteiger partial charge in [-0.1, -0.05) is 109 Å². The topological polar surface area (TPSA) is 14.2 Å². The first-order valence-electron chi connectivity index (χ1n) is 15.9. The molecule has 0 spiro atoms. The highest BCUT2D eigenvalue weighted by Gasteiger charge is 2.25. The van der Waals surface area contributed by atoms with E-state index in [9.17, 15) is 0 Å². The Morgan fingerprint density at radius 1 is 0.761 bits per heavy atom. The van der Waals surface area contributed by atoms with Gasteiger partial charge in [0.05, 0.1) is 11.2 Å². The molecule has 0 unspecified atom stereocenters. The molecule has 1 aliphatic heterocycles. The largest absolute Gasteiger partial charge is 0.488 e. The fourth-order valence-corrected chi connectivity index (χ4v) is 7.07. The standard InChI is InChI=1S/C44H33NO/c1-3-4-13-35-29-46-43-21-12-20-42(44(43)30(35)2)45-40-19-11-10-18-38(40)39-28-34(26-27-41(39)45)31-22-24-33(25-23-31)37-17-9-8-16-36(37)32-14-6-5-7-15-32/h1,4-10,12-18,20-28H,11,19,29H2,2H3/b13-4-. The lowest BCUT2D eigenvalue weighted by Crippen LogP contribution is -2.13. The summed E-state index contributed by atoms with van der Waals surface area (Å²) in [5, 5.41) is 1.27. The molecule has 0 radical (unpaired) electrons. The van der Waals surface area contributed by atoms with Crippen LogP contribution in [0.4, 0.5) is 0 Å². The number of hydrogen-bond acceptors (Lipinski definition) is 1. The third-order valence-corrected chi connectivity index (χ3v) is 9.35. The molecule has 2 heteroatoms. The van der Waals surface area contributed by atoms with Crippen LogP contribution in [0.5, 0.6) is 5.75 Å². The Morgan fingerprint density at radius 3 is 2.26 bits per heavy atom. The van der Waals surface area contributed by atoms with E-state index in [0.29, 0.717) is 6.61 Å². The van der Waals surface area contributed by atoms with Gasteiger partial charge >= 0.3 is 0 Å². The van der Waals surface area contributed by atoms with Crippen LogP contribution in [0.25, 0.3) is 61.6 Å². The second-order valence-corrected chi connectivity index (χ2v) is 11.9. The molecule has 0 bridgehead atoms. The number of terminal acetylenes is 1. The van der Waals surface area contributed by atoms with Gasteiger partial charge < -0.3 is 9.30 Å². The van der Waals surface area contributed by atoms with E-state index < -0.39 is 0 Å². The molecule has 0 atom stereocenters. The van der Waals surface area contributed by atoms with E-state index in [4.69, 9.17) is 11.2 Å². The summed E-state index contributed by atoms with van der Waals surface area (Å²) >= 11 is 0. The first-order chi connectivity index (χ1) is 22.7. The summed E-state index contributed by atoms with van der Waals surface area (Å²) in [5.41, 5.74) is 15.8. The smallest absolute Gasteiger partial charge is 0.129 e. The van der Waals surface area contributed by atoms with Crippen molar-refractivity contribution in [3.63, 3.8) is 0 Å². The fraction of sp³-hybridized carbons (Fsp3) is 0.0909. The second kappa shape index (κ2) is 11.6. The molecule has 0 amide bonds. The minimum absolute atomic E-state index is 0.522. The highest BCUT2D eigenvalue weighted by atomic mass is 16.5. The van der Waals surface area contributed by atoms with Crippen molar-refractivity contribution in [1.29, 1.82) is 0 Å². The van der Waals surface area contributed by atoms with Gasteiger partial charge in [0.1, 0.15) is 12.4 Å². The van der Waals surface area contributed by atoms with Crippen LogP contribution in [0.1, 0.15) is 30.2 Å². The predicted molar refractivity (Wildman–Crippen MR) is 193 cm³/mol. The zero-order chi connectivity index (χ0) is 31.0. The Labute approximate surface area is 270 Å². The van der Waals surface area contributed by atoms with Gasteiger partial charge in [0.15, 0.2) is 0 Å². The maximum absolute atomic E-state index is 6.24. The molecule has 2 nitrogen and oxygen atoms in total. The van der Waals surface area contributed by atoms with Gasteiger partial charge in [-0.25, -0.2) is 0 Å². The van der Waals surface area contributed by atoms with Crippen LogP contribution >= 0.6 is 0 Å². The molecule has 2 aliphatic rings. The van der Waals surface area contributed by atoms with Gasteiger partial charge in [0.2, 0.25) is 0 Å². The average molecular weight is 592 g/mol. The lowest BCUT2D eigenvalue weighted by atomic mass is 9.93. The maximum Gasteiger partial charge on any atom is 0.129 e. The van der Waals surface area contributed by atoms with Crippen molar-refractivity contribution in [3.05, 3.63) is 156 Å². The number of ether oxygens (including phenoxy) is 1. The number of rotatable bonds is 5. The van der Waals surface area contributed by atoms with Crippen LogP contribution in [-0.4, -0.2) is 11.2 Å². The summed E-state index contributed by atoms with van der Waals surface area (Å²) < 4.78 is 8.70. The minimum atomic E-state index is 0.522. The average Bonchev–Trinajstić information content (AvgIpc) is 3.45. The van der Waals surface area contributed by atoms with Crippen LogP contribution in [0.15, 0.2) is 139 Å². The van der Waals surface area contributed by atoms with Gasteiger partial charge in [0.25, 0.3) is 0 Å². The normalized spacial score (nSPS) is 13.8. The lowest BCUT2D eigenvalue weighted by Gasteiger charge is -2.25. The second-order valence-electron chi connectivity index (χ2n) is 11.9. The van der Waals surface area contributed by atoms with Crippen molar-refractivity contribution in [1.82, 2.24) is 4.57 Å². The summed E-state index contributed by atoms with van der Waals surface area (Å²) in [7, 11) is 0. The molecule has 0 N–H and O–H groups in total. The van der Waals surface area contributed by atoms with Crippen molar-refractivity contribution in [3.8, 4) is 57.2 Å². The molecule has 0 saturated heterocycles. The van der Waals surface area contributed by atoms with Crippen molar-refractivity contribution in [2.45, 2.75) is 19.8 Å². The van der Waals surface area contributed by atoms with Gasteiger partial charge in [-0.3, -0.25) is 0 Å². The third-order valence-electron chi connectivity index (χ3n) is 9.35. The van der Waals surface area contributed by atoms with Crippen molar-refractivity contribution in [2.75, 3.05) is 6.61 Å². The van der Waals surface area contributed by atoms with Crippen molar-refractivity contribution in [2.24, 2.45) is 0 Å². The lowest BCUT2D eigenvalue weighted by molar-refractivity contribution is 0.349. The van der Waals surface area contributed by atoms with E-state index in [1.165, 1.54) is 61.1 Å². The molecule has 8 rings (SSSR count). The highest BCUT2D eigenvalue weighted by Crippen LogP contribution is 2.43. The molecular weight excluding hydrogens is 558 g/mol. The summed E-state index contributed by atoms with van der Waals surface area (Å²) in [4.78, 5) is 0. The van der Waals surface area contributed by atoms with Crippen molar-refractivity contribution >= 4 is 22.6 Å². The number of fused-ring (bicyclic) bond motifs is 4.